The van der Waals surface area contributed by atoms with Crippen molar-refractivity contribution in [2.75, 3.05) is 13.2 Å². The normalized spacial score (nSPS) is 11.4. The zero-order valence-corrected chi connectivity index (χ0v) is 15.2. The quantitative estimate of drug-likeness (QED) is 0.469. The zero-order valence-electron chi connectivity index (χ0n) is 15.2. The standard InChI is InChI=1S/C20H33N3O/c1-2-3-4-10-15-24-16-11-8-6-5-7-9-12-18-13-14-21-20-19(18)22-17-23-20/h13-14,17H,2-12,15-16H2,1H3,(H,21,22,23). The van der Waals surface area contributed by atoms with Gasteiger partial charge in [0.1, 0.15) is 0 Å². The Morgan fingerprint density at radius 2 is 1.58 bits per heavy atom. The summed E-state index contributed by atoms with van der Waals surface area (Å²) in [5.74, 6) is 0. The molecule has 2 heterocycles. The number of aryl methyl sites for hydroxylation is 1. The van der Waals surface area contributed by atoms with Gasteiger partial charge < -0.3 is 9.72 Å². The smallest absolute Gasteiger partial charge is 0.177 e. The third-order valence-corrected chi connectivity index (χ3v) is 4.54. The summed E-state index contributed by atoms with van der Waals surface area (Å²) in [6.07, 6.45) is 17.6. The molecule has 134 valence electrons. The number of nitrogens with zero attached hydrogens (tertiary/aromatic N) is 2. The van der Waals surface area contributed by atoms with Gasteiger partial charge in [-0.2, -0.15) is 0 Å². The number of fused-ring (bicyclic) bond motifs is 1. The van der Waals surface area contributed by atoms with Crippen molar-refractivity contribution >= 4 is 11.2 Å². The molecule has 0 aliphatic rings. The van der Waals surface area contributed by atoms with Crippen LogP contribution in [0.1, 0.15) is 76.7 Å². The van der Waals surface area contributed by atoms with Crippen LogP contribution in [0.5, 0.6) is 0 Å². The van der Waals surface area contributed by atoms with E-state index in [2.05, 4.69) is 27.9 Å². The number of rotatable bonds is 14. The lowest BCUT2D eigenvalue weighted by Gasteiger charge is -2.05. The maximum Gasteiger partial charge on any atom is 0.177 e. The molecule has 0 fully saturated rings. The number of pyridine rings is 1. The molecule has 0 unspecified atom stereocenters. The lowest BCUT2D eigenvalue weighted by molar-refractivity contribution is 0.125. The van der Waals surface area contributed by atoms with Crippen molar-refractivity contribution in [3.8, 4) is 0 Å². The highest BCUT2D eigenvalue weighted by atomic mass is 16.5. The van der Waals surface area contributed by atoms with Gasteiger partial charge >= 0.3 is 0 Å². The van der Waals surface area contributed by atoms with Gasteiger partial charge in [-0.15, -0.1) is 0 Å². The maximum absolute atomic E-state index is 5.68. The molecule has 0 atom stereocenters. The summed E-state index contributed by atoms with van der Waals surface area (Å²) in [6.45, 7) is 4.14. The minimum atomic E-state index is 0.835. The van der Waals surface area contributed by atoms with Gasteiger partial charge in [0.05, 0.1) is 11.8 Å². The van der Waals surface area contributed by atoms with Gasteiger partial charge in [-0.25, -0.2) is 9.97 Å². The van der Waals surface area contributed by atoms with Crippen molar-refractivity contribution in [3.05, 3.63) is 24.2 Å². The summed E-state index contributed by atoms with van der Waals surface area (Å²) in [6, 6.07) is 2.11. The molecular weight excluding hydrogens is 298 g/mol. The van der Waals surface area contributed by atoms with Gasteiger partial charge in [0.15, 0.2) is 5.65 Å². The maximum atomic E-state index is 5.68. The van der Waals surface area contributed by atoms with Crippen molar-refractivity contribution in [3.63, 3.8) is 0 Å². The molecule has 0 saturated carbocycles. The zero-order chi connectivity index (χ0) is 16.9. The predicted octanol–water partition coefficient (Wildman–Crippen LogP) is 5.44. The Morgan fingerprint density at radius 3 is 2.38 bits per heavy atom. The highest BCUT2D eigenvalue weighted by Crippen LogP contribution is 2.16. The number of ether oxygens (including phenoxy) is 1. The lowest BCUT2D eigenvalue weighted by Crippen LogP contribution is -1.97. The number of aromatic nitrogens is 3. The number of hydrogen-bond acceptors (Lipinski definition) is 3. The molecule has 0 spiro atoms. The summed E-state index contributed by atoms with van der Waals surface area (Å²) >= 11 is 0. The molecule has 24 heavy (non-hydrogen) atoms. The minimum absolute atomic E-state index is 0.835. The molecule has 4 heteroatoms. The van der Waals surface area contributed by atoms with Gasteiger partial charge in [-0.3, -0.25) is 0 Å². The Balaban J connectivity index is 1.41. The van der Waals surface area contributed by atoms with E-state index < -0.39 is 0 Å². The first kappa shape index (κ1) is 18.9. The second kappa shape index (κ2) is 12.0. The Kier molecular flexibility index (Phi) is 9.47. The number of aromatic amines is 1. The minimum Gasteiger partial charge on any atom is -0.381 e. The SMILES string of the molecule is CCCCCCOCCCCCCCCc1ccnc2nc[nH]c12. The Bertz CT molecular complexity index is 553. The Morgan fingerprint density at radius 1 is 0.875 bits per heavy atom. The average molecular weight is 332 g/mol. The first-order valence-corrected chi connectivity index (χ1v) is 9.76. The van der Waals surface area contributed by atoms with E-state index in [1.165, 1.54) is 69.8 Å². The van der Waals surface area contributed by atoms with E-state index in [1.807, 2.05) is 6.20 Å². The molecule has 0 bridgehead atoms. The monoisotopic (exact) mass is 331 g/mol. The van der Waals surface area contributed by atoms with Crippen LogP contribution in [-0.4, -0.2) is 28.2 Å². The fourth-order valence-electron chi connectivity index (χ4n) is 3.07. The number of unbranched alkanes of at least 4 members (excludes halogenated alkanes) is 8. The number of hydrogen-bond donors (Lipinski definition) is 1. The summed E-state index contributed by atoms with van der Waals surface area (Å²) in [5, 5.41) is 0. The van der Waals surface area contributed by atoms with Crippen LogP contribution in [0.2, 0.25) is 0 Å². The van der Waals surface area contributed by atoms with Gasteiger partial charge in [-0.05, 0) is 37.3 Å². The number of imidazole rings is 1. The largest absolute Gasteiger partial charge is 0.381 e. The summed E-state index contributed by atoms with van der Waals surface area (Å²) in [4.78, 5) is 11.7. The van der Waals surface area contributed by atoms with Crippen molar-refractivity contribution in [1.82, 2.24) is 15.0 Å². The summed E-state index contributed by atoms with van der Waals surface area (Å²) in [7, 11) is 0. The van der Waals surface area contributed by atoms with Crippen LogP contribution in [-0.2, 0) is 11.2 Å². The van der Waals surface area contributed by atoms with E-state index >= 15 is 0 Å². The van der Waals surface area contributed by atoms with Gasteiger partial charge in [-0.1, -0.05) is 51.9 Å². The molecule has 0 saturated heterocycles. The Hall–Kier alpha value is -1.42. The molecule has 2 aromatic rings. The molecule has 2 rings (SSSR count). The molecule has 0 aliphatic heterocycles. The van der Waals surface area contributed by atoms with Crippen molar-refractivity contribution in [2.45, 2.75) is 77.6 Å². The molecule has 1 N–H and O–H groups in total. The first-order chi connectivity index (χ1) is 11.9. The summed E-state index contributed by atoms with van der Waals surface area (Å²) in [5.41, 5.74) is 3.28. The lowest BCUT2D eigenvalue weighted by atomic mass is 10.1. The van der Waals surface area contributed by atoms with Crippen molar-refractivity contribution in [2.24, 2.45) is 0 Å². The van der Waals surface area contributed by atoms with Crippen LogP contribution in [0.3, 0.4) is 0 Å². The van der Waals surface area contributed by atoms with E-state index in [-0.39, 0.29) is 0 Å². The van der Waals surface area contributed by atoms with Crippen LogP contribution in [0.4, 0.5) is 0 Å². The van der Waals surface area contributed by atoms with Crippen molar-refractivity contribution in [1.29, 1.82) is 0 Å². The van der Waals surface area contributed by atoms with Crippen LogP contribution in [0.25, 0.3) is 11.2 Å². The third-order valence-electron chi connectivity index (χ3n) is 4.54. The fourth-order valence-corrected chi connectivity index (χ4v) is 3.07. The fraction of sp³-hybridized carbons (Fsp3) is 0.700. The molecule has 0 aliphatic carbocycles. The number of H-pyrrole nitrogens is 1. The van der Waals surface area contributed by atoms with E-state index in [4.69, 9.17) is 4.74 Å². The van der Waals surface area contributed by atoms with E-state index in [0.717, 1.165) is 30.8 Å². The van der Waals surface area contributed by atoms with Crippen LogP contribution >= 0.6 is 0 Å². The van der Waals surface area contributed by atoms with Gasteiger partial charge in [0.25, 0.3) is 0 Å². The Labute approximate surface area is 146 Å². The van der Waals surface area contributed by atoms with E-state index in [1.54, 1.807) is 6.33 Å². The molecule has 0 amide bonds. The first-order valence-electron chi connectivity index (χ1n) is 9.76. The highest BCUT2D eigenvalue weighted by Gasteiger charge is 2.03. The number of nitrogens with one attached hydrogen (secondary N) is 1. The second-order valence-corrected chi connectivity index (χ2v) is 6.62. The molecule has 2 aromatic heterocycles. The summed E-state index contributed by atoms with van der Waals surface area (Å²) < 4.78 is 5.68. The molecule has 0 radical (unpaired) electrons. The van der Waals surface area contributed by atoms with Crippen LogP contribution < -0.4 is 0 Å². The van der Waals surface area contributed by atoms with Crippen LogP contribution in [0.15, 0.2) is 18.6 Å². The van der Waals surface area contributed by atoms with E-state index in [9.17, 15) is 0 Å². The molecular formula is C20H33N3O. The predicted molar refractivity (Wildman–Crippen MR) is 100 cm³/mol. The van der Waals surface area contributed by atoms with Gasteiger partial charge in [0, 0.05) is 19.4 Å². The third kappa shape index (κ3) is 7.00. The molecule has 4 nitrogen and oxygen atoms in total. The second-order valence-electron chi connectivity index (χ2n) is 6.62. The average Bonchev–Trinajstić information content (AvgIpc) is 3.08. The van der Waals surface area contributed by atoms with Crippen LogP contribution in [0, 0.1) is 0 Å². The van der Waals surface area contributed by atoms with Crippen molar-refractivity contribution < 1.29 is 4.74 Å². The van der Waals surface area contributed by atoms with Gasteiger partial charge in [0.2, 0.25) is 0 Å². The van der Waals surface area contributed by atoms with E-state index in [0.29, 0.717) is 0 Å². The highest BCUT2D eigenvalue weighted by molar-refractivity contribution is 5.73. The molecule has 0 aromatic carbocycles. The topological polar surface area (TPSA) is 50.8 Å².